The summed E-state index contributed by atoms with van der Waals surface area (Å²) in [5, 5.41) is 3.87. The van der Waals surface area contributed by atoms with Crippen LogP contribution in [0.2, 0.25) is 5.02 Å². The monoisotopic (exact) mass is 268 g/mol. The maximum absolute atomic E-state index is 11.6. The van der Waals surface area contributed by atoms with E-state index in [1.807, 2.05) is 19.1 Å². The van der Waals surface area contributed by atoms with Gasteiger partial charge in [0.15, 0.2) is 0 Å². The third-order valence-corrected chi connectivity index (χ3v) is 3.28. The number of nitrogens with two attached hydrogens (primary N) is 1. The lowest BCUT2D eigenvalue weighted by Gasteiger charge is -2.29. The predicted octanol–water partition coefficient (Wildman–Crippen LogP) is 3.43. The van der Waals surface area contributed by atoms with Crippen molar-refractivity contribution in [2.75, 3.05) is 5.32 Å². The molecule has 3 N–H and O–H groups in total. The molecule has 0 fully saturated rings. The number of nitrogens with one attached hydrogen (secondary N) is 1. The lowest BCUT2D eigenvalue weighted by Crippen LogP contribution is -2.48. The Kier molecular flexibility index (Phi) is 5.03. The van der Waals surface area contributed by atoms with Gasteiger partial charge < -0.3 is 11.1 Å². The summed E-state index contributed by atoms with van der Waals surface area (Å²) in [6, 6.07) is 7.26. The molecule has 0 bridgehead atoms. The predicted molar refractivity (Wildman–Crippen MR) is 76.7 cm³/mol. The number of benzene rings is 1. The van der Waals surface area contributed by atoms with Crippen LogP contribution < -0.4 is 11.1 Å². The minimum atomic E-state index is -0.724. The average Bonchev–Trinajstić information content (AvgIpc) is 2.29. The molecule has 0 aliphatic rings. The molecule has 0 spiro atoms. The van der Waals surface area contributed by atoms with E-state index >= 15 is 0 Å². The van der Waals surface area contributed by atoms with Crippen LogP contribution in [0.4, 0.5) is 5.69 Å². The van der Waals surface area contributed by atoms with Crippen LogP contribution in [0.5, 0.6) is 0 Å². The normalized spacial score (nSPS) is 14.3. The third-order valence-electron chi connectivity index (χ3n) is 3.03. The summed E-state index contributed by atoms with van der Waals surface area (Å²) in [6.07, 6.45) is 1.66. The Morgan fingerprint density at radius 2 is 1.94 bits per heavy atom. The Labute approximate surface area is 114 Å². The SMILES string of the molecule is CC(C)CCC(C)(Nc1ccc(Cl)cc1)C(N)=O. The number of hydrogen-bond donors (Lipinski definition) is 2. The molecule has 0 aliphatic carbocycles. The highest BCUT2D eigenvalue weighted by molar-refractivity contribution is 6.30. The molecule has 0 saturated carbocycles. The number of carbonyl (C=O) groups is 1. The number of carbonyl (C=O) groups excluding carboxylic acids is 1. The summed E-state index contributed by atoms with van der Waals surface area (Å²) in [5.74, 6) is 0.203. The summed E-state index contributed by atoms with van der Waals surface area (Å²) >= 11 is 5.83. The van der Waals surface area contributed by atoms with Gasteiger partial charge in [0.1, 0.15) is 5.54 Å². The fraction of sp³-hybridized carbons (Fsp3) is 0.500. The van der Waals surface area contributed by atoms with Gasteiger partial charge >= 0.3 is 0 Å². The highest BCUT2D eigenvalue weighted by atomic mass is 35.5. The van der Waals surface area contributed by atoms with E-state index in [1.165, 1.54) is 0 Å². The van der Waals surface area contributed by atoms with E-state index in [-0.39, 0.29) is 5.91 Å². The van der Waals surface area contributed by atoms with Crippen LogP contribution in [0.3, 0.4) is 0 Å². The van der Waals surface area contributed by atoms with Gasteiger partial charge in [-0.2, -0.15) is 0 Å². The van der Waals surface area contributed by atoms with E-state index in [9.17, 15) is 4.79 Å². The van der Waals surface area contributed by atoms with Gasteiger partial charge in [-0.05, 0) is 49.9 Å². The fourth-order valence-electron chi connectivity index (χ4n) is 1.68. The topological polar surface area (TPSA) is 55.1 Å². The summed E-state index contributed by atoms with van der Waals surface area (Å²) in [6.45, 7) is 6.10. The van der Waals surface area contributed by atoms with Gasteiger partial charge in [0.2, 0.25) is 5.91 Å². The zero-order valence-corrected chi connectivity index (χ0v) is 11.9. The van der Waals surface area contributed by atoms with Crippen molar-refractivity contribution in [1.29, 1.82) is 0 Å². The second-order valence-corrected chi connectivity index (χ2v) is 5.70. The van der Waals surface area contributed by atoms with Crippen molar-refractivity contribution in [2.45, 2.75) is 39.2 Å². The molecule has 1 unspecified atom stereocenters. The van der Waals surface area contributed by atoms with E-state index in [1.54, 1.807) is 12.1 Å². The molecule has 100 valence electrons. The second kappa shape index (κ2) is 6.10. The van der Waals surface area contributed by atoms with Crippen molar-refractivity contribution in [3.05, 3.63) is 29.3 Å². The Morgan fingerprint density at radius 3 is 2.39 bits per heavy atom. The summed E-state index contributed by atoms with van der Waals surface area (Å²) in [4.78, 5) is 11.6. The van der Waals surface area contributed by atoms with E-state index in [4.69, 9.17) is 17.3 Å². The number of halogens is 1. The minimum absolute atomic E-state index is 0.335. The highest BCUT2D eigenvalue weighted by Gasteiger charge is 2.30. The second-order valence-electron chi connectivity index (χ2n) is 5.26. The van der Waals surface area contributed by atoms with Gasteiger partial charge in [-0.25, -0.2) is 0 Å². The van der Waals surface area contributed by atoms with Crippen LogP contribution in [0.1, 0.15) is 33.6 Å². The molecule has 3 nitrogen and oxygen atoms in total. The van der Waals surface area contributed by atoms with Crippen LogP contribution in [-0.2, 0) is 4.79 Å². The van der Waals surface area contributed by atoms with E-state index in [2.05, 4.69) is 19.2 Å². The molecule has 0 saturated heterocycles. The van der Waals surface area contributed by atoms with Crippen molar-refractivity contribution < 1.29 is 4.79 Å². The van der Waals surface area contributed by atoms with Crippen LogP contribution in [-0.4, -0.2) is 11.4 Å². The number of rotatable bonds is 6. The largest absolute Gasteiger partial charge is 0.371 e. The van der Waals surface area contributed by atoms with E-state index in [0.29, 0.717) is 17.4 Å². The standard InChI is InChI=1S/C14H21ClN2O/c1-10(2)8-9-14(3,13(16)18)17-12-6-4-11(15)5-7-12/h4-7,10,17H,8-9H2,1-3H3,(H2,16,18). The molecule has 0 aliphatic heterocycles. The average molecular weight is 269 g/mol. The zero-order valence-electron chi connectivity index (χ0n) is 11.2. The molecular weight excluding hydrogens is 248 g/mol. The van der Waals surface area contributed by atoms with E-state index < -0.39 is 5.54 Å². The molecule has 1 amide bonds. The molecular formula is C14H21ClN2O. The lowest BCUT2D eigenvalue weighted by atomic mass is 9.91. The quantitative estimate of drug-likeness (QED) is 0.830. The van der Waals surface area contributed by atoms with Gasteiger partial charge in [0.25, 0.3) is 0 Å². The Bertz CT molecular complexity index is 403. The van der Waals surface area contributed by atoms with E-state index in [0.717, 1.165) is 12.1 Å². The van der Waals surface area contributed by atoms with Crippen LogP contribution >= 0.6 is 11.6 Å². The Balaban J connectivity index is 2.79. The van der Waals surface area contributed by atoms with Crippen molar-refractivity contribution in [1.82, 2.24) is 0 Å². The van der Waals surface area contributed by atoms with Gasteiger partial charge in [-0.3, -0.25) is 4.79 Å². The first-order valence-electron chi connectivity index (χ1n) is 6.17. The highest BCUT2D eigenvalue weighted by Crippen LogP contribution is 2.23. The maximum atomic E-state index is 11.6. The molecule has 1 aromatic carbocycles. The third kappa shape index (κ3) is 4.22. The number of anilines is 1. The summed E-state index contributed by atoms with van der Waals surface area (Å²) in [5.41, 5.74) is 5.63. The van der Waals surface area contributed by atoms with Gasteiger partial charge in [-0.1, -0.05) is 25.4 Å². The zero-order chi connectivity index (χ0) is 13.8. The number of primary amides is 1. The van der Waals surface area contributed by atoms with Gasteiger partial charge in [0.05, 0.1) is 0 Å². The summed E-state index contributed by atoms with van der Waals surface area (Å²) in [7, 11) is 0. The summed E-state index contributed by atoms with van der Waals surface area (Å²) < 4.78 is 0. The first-order valence-corrected chi connectivity index (χ1v) is 6.55. The van der Waals surface area contributed by atoms with Gasteiger partial charge in [0, 0.05) is 10.7 Å². The molecule has 18 heavy (non-hydrogen) atoms. The molecule has 1 atom stereocenters. The van der Waals surface area contributed by atoms with Crippen molar-refractivity contribution >= 4 is 23.2 Å². The first kappa shape index (κ1) is 14.8. The molecule has 1 aromatic rings. The molecule has 0 radical (unpaired) electrons. The van der Waals surface area contributed by atoms with Gasteiger partial charge in [-0.15, -0.1) is 0 Å². The van der Waals surface area contributed by atoms with Crippen LogP contribution in [0.25, 0.3) is 0 Å². The Morgan fingerprint density at radius 1 is 1.39 bits per heavy atom. The number of amides is 1. The first-order chi connectivity index (χ1) is 8.33. The lowest BCUT2D eigenvalue weighted by molar-refractivity contribution is -0.122. The van der Waals surface area contributed by atoms with Crippen molar-refractivity contribution in [2.24, 2.45) is 11.7 Å². The fourth-order valence-corrected chi connectivity index (χ4v) is 1.80. The minimum Gasteiger partial charge on any atom is -0.371 e. The Hall–Kier alpha value is -1.22. The molecule has 0 heterocycles. The van der Waals surface area contributed by atoms with Crippen molar-refractivity contribution in [3.8, 4) is 0 Å². The smallest absolute Gasteiger partial charge is 0.242 e. The van der Waals surface area contributed by atoms with Crippen LogP contribution in [0, 0.1) is 5.92 Å². The number of hydrogen-bond acceptors (Lipinski definition) is 2. The molecule has 1 rings (SSSR count). The van der Waals surface area contributed by atoms with Crippen LogP contribution in [0.15, 0.2) is 24.3 Å². The molecule has 0 aromatic heterocycles. The molecule has 4 heteroatoms. The maximum Gasteiger partial charge on any atom is 0.242 e. The van der Waals surface area contributed by atoms with Crippen molar-refractivity contribution in [3.63, 3.8) is 0 Å².